The molecule has 64 valence electrons. The zero-order valence-corrected chi connectivity index (χ0v) is 9.24. The third-order valence-corrected chi connectivity index (χ3v) is 2.35. The molecule has 12 heavy (non-hydrogen) atoms. The first-order valence-electron chi connectivity index (χ1n) is 3.15. The molecule has 5 heteroatoms. The van der Waals surface area contributed by atoms with Gasteiger partial charge in [-0.3, -0.25) is 5.41 Å². The zero-order chi connectivity index (χ0) is 9.14. The first kappa shape index (κ1) is 9.54. The molecule has 0 aromatic heterocycles. The minimum atomic E-state index is -0.0713. The Morgan fingerprint density at radius 2 is 2.08 bits per heavy atom. The van der Waals surface area contributed by atoms with Gasteiger partial charge in [0.05, 0.1) is 5.69 Å². The van der Waals surface area contributed by atoms with E-state index in [2.05, 4.69) is 37.2 Å². The lowest BCUT2D eigenvalue weighted by Crippen LogP contribution is -2.20. The van der Waals surface area contributed by atoms with Crippen molar-refractivity contribution >= 4 is 43.5 Å². The van der Waals surface area contributed by atoms with Crippen LogP contribution in [0.3, 0.4) is 0 Å². The Hall–Kier alpha value is -0.550. The highest BCUT2D eigenvalue weighted by Crippen LogP contribution is 2.25. The van der Waals surface area contributed by atoms with Crippen LogP contribution in [-0.2, 0) is 0 Å². The van der Waals surface area contributed by atoms with Gasteiger partial charge in [-0.15, -0.1) is 0 Å². The Morgan fingerprint density at radius 1 is 1.42 bits per heavy atom. The lowest BCUT2D eigenvalue weighted by Gasteiger charge is -2.05. The molecule has 0 radical (unpaired) electrons. The van der Waals surface area contributed by atoms with E-state index in [1.54, 1.807) is 0 Å². The molecule has 0 heterocycles. The molecule has 4 N–H and O–H groups in total. The van der Waals surface area contributed by atoms with Crippen LogP contribution in [0.2, 0.25) is 0 Å². The van der Waals surface area contributed by atoms with E-state index in [0.29, 0.717) is 0 Å². The van der Waals surface area contributed by atoms with Crippen molar-refractivity contribution in [2.24, 2.45) is 5.73 Å². The maximum atomic E-state index is 7.02. The van der Waals surface area contributed by atoms with Crippen molar-refractivity contribution in [3.8, 4) is 0 Å². The molecule has 0 saturated carbocycles. The van der Waals surface area contributed by atoms with Crippen molar-refractivity contribution in [3.63, 3.8) is 0 Å². The number of halogens is 2. The molecule has 0 aliphatic heterocycles. The second-order valence-electron chi connectivity index (χ2n) is 2.16. The summed E-state index contributed by atoms with van der Waals surface area (Å²) >= 11 is 6.65. The first-order valence-corrected chi connectivity index (χ1v) is 4.74. The second kappa shape index (κ2) is 3.91. The van der Waals surface area contributed by atoms with E-state index in [-0.39, 0.29) is 5.96 Å². The second-order valence-corrected chi connectivity index (χ2v) is 3.93. The lowest BCUT2D eigenvalue weighted by atomic mass is 10.3. The van der Waals surface area contributed by atoms with E-state index in [1.807, 2.05) is 18.2 Å². The van der Waals surface area contributed by atoms with E-state index in [1.165, 1.54) is 0 Å². The third-order valence-electron chi connectivity index (χ3n) is 1.20. The number of benzene rings is 1. The Balaban J connectivity index is 2.93. The van der Waals surface area contributed by atoms with Crippen LogP contribution in [0.1, 0.15) is 0 Å². The van der Waals surface area contributed by atoms with E-state index in [9.17, 15) is 0 Å². The van der Waals surface area contributed by atoms with Crippen LogP contribution < -0.4 is 11.1 Å². The van der Waals surface area contributed by atoms with Gasteiger partial charge >= 0.3 is 0 Å². The summed E-state index contributed by atoms with van der Waals surface area (Å²) in [6, 6.07) is 5.58. The number of anilines is 1. The van der Waals surface area contributed by atoms with Gasteiger partial charge in [0, 0.05) is 8.95 Å². The minimum absolute atomic E-state index is 0.0713. The topological polar surface area (TPSA) is 61.9 Å². The average Bonchev–Trinajstić information content (AvgIpc) is 1.94. The number of hydrogen-bond acceptors (Lipinski definition) is 1. The summed E-state index contributed by atoms with van der Waals surface area (Å²) in [7, 11) is 0. The normalized spacial score (nSPS) is 9.50. The third kappa shape index (κ3) is 2.49. The number of rotatable bonds is 1. The molecule has 0 spiro atoms. The summed E-state index contributed by atoms with van der Waals surface area (Å²) in [4.78, 5) is 0. The van der Waals surface area contributed by atoms with E-state index in [4.69, 9.17) is 11.1 Å². The van der Waals surface area contributed by atoms with Gasteiger partial charge in [-0.1, -0.05) is 15.9 Å². The van der Waals surface area contributed by atoms with E-state index in [0.717, 1.165) is 14.6 Å². The summed E-state index contributed by atoms with van der Waals surface area (Å²) < 4.78 is 1.84. The van der Waals surface area contributed by atoms with Gasteiger partial charge in [-0.2, -0.15) is 0 Å². The summed E-state index contributed by atoms with van der Waals surface area (Å²) in [5.41, 5.74) is 5.95. The van der Waals surface area contributed by atoms with Gasteiger partial charge in [-0.25, -0.2) is 0 Å². The lowest BCUT2D eigenvalue weighted by molar-refractivity contribution is 1.40. The maximum absolute atomic E-state index is 7.02. The van der Waals surface area contributed by atoms with Crippen molar-refractivity contribution in [1.29, 1.82) is 5.41 Å². The first-order chi connectivity index (χ1) is 5.59. The molecule has 0 fully saturated rings. The van der Waals surface area contributed by atoms with Crippen LogP contribution in [0.15, 0.2) is 27.1 Å². The van der Waals surface area contributed by atoms with Crippen LogP contribution in [0.25, 0.3) is 0 Å². The molecular weight excluding hydrogens is 286 g/mol. The number of nitrogens with two attached hydrogens (primary N) is 1. The molecule has 0 amide bonds. The molecule has 1 aromatic carbocycles. The molecule has 0 atom stereocenters. The Labute approximate surface area is 87.1 Å². The highest BCUT2D eigenvalue weighted by molar-refractivity contribution is 9.11. The van der Waals surface area contributed by atoms with Crippen LogP contribution >= 0.6 is 31.9 Å². The minimum Gasteiger partial charge on any atom is -0.370 e. The molecule has 0 saturated heterocycles. The van der Waals surface area contributed by atoms with Gasteiger partial charge in [0.15, 0.2) is 5.96 Å². The van der Waals surface area contributed by atoms with E-state index < -0.39 is 0 Å². The monoisotopic (exact) mass is 291 g/mol. The fourth-order valence-corrected chi connectivity index (χ4v) is 1.88. The Kier molecular flexibility index (Phi) is 3.11. The van der Waals surface area contributed by atoms with Crippen molar-refractivity contribution in [1.82, 2.24) is 0 Å². The average molecular weight is 293 g/mol. The molecule has 0 unspecified atom stereocenters. The van der Waals surface area contributed by atoms with Crippen molar-refractivity contribution < 1.29 is 0 Å². The van der Waals surface area contributed by atoms with Gasteiger partial charge < -0.3 is 11.1 Å². The fourth-order valence-electron chi connectivity index (χ4n) is 0.736. The van der Waals surface area contributed by atoms with Crippen LogP contribution in [0.5, 0.6) is 0 Å². The standard InChI is InChI=1S/C7H7Br2N3/c8-4-1-2-6(5(9)3-4)12-7(10)11/h1-3H,(H4,10,11,12). The summed E-state index contributed by atoms with van der Waals surface area (Å²) in [5, 5.41) is 9.71. The van der Waals surface area contributed by atoms with Crippen LogP contribution in [-0.4, -0.2) is 5.96 Å². The Bertz CT molecular complexity index is 312. The highest BCUT2D eigenvalue weighted by Gasteiger charge is 1.99. The van der Waals surface area contributed by atoms with Gasteiger partial charge in [0.2, 0.25) is 0 Å². The van der Waals surface area contributed by atoms with Gasteiger partial charge in [0.25, 0.3) is 0 Å². The molecule has 1 rings (SSSR count). The molecule has 0 aliphatic carbocycles. The smallest absolute Gasteiger partial charge is 0.190 e. The van der Waals surface area contributed by atoms with Crippen LogP contribution in [0, 0.1) is 5.41 Å². The summed E-state index contributed by atoms with van der Waals surface area (Å²) in [5.74, 6) is -0.0713. The van der Waals surface area contributed by atoms with E-state index >= 15 is 0 Å². The molecular formula is C7H7Br2N3. The quantitative estimate of drug-likeness (QED) is 0.550. The van der Waals surface area contributed by atoms with Crippen molar-refractivity contribution in [3.05, 3.63) is 27.1 Å². The largest absolute Gasteiger partial charge is 0.370 e. The number of hydrogen-bond donors (Lipinski definition) is 3. The Morgan fingerprint density at radius 3 is 2.58 bits per heavy atom. The molecule has 0 aliphatic rings. The molecule has 3 nitrogen and oxygen atoms in total. The zero-order valence-electron chi connectivity index (χ0n) is 6.07. The van der Waals surface area contributed by atoms with Gasteiger partial charge in [0.1, 0.15) is 0 Å². The van der Waals surface area contributed by atoms with Crippen molar-refractivity contribution in [2.75, 3.05) is 5.32 Å². The summed E-state index contributed by atoms with van der Waals surface area (Å²) in [6.07, 6.45) is 0. The summed E-state index contributed by atoms with van der Waals surface area (Å²) in [6.45, 7) is 0. The van der Waals surface area contributed by atoms with Gasteiger partial charge in [-0.05, 0) is 34.1 Å². The predicted octanol–water partition coefficient (Wildman–Crippen LogP) is 2.52. The highest BCUT2D eigenvalue weighted by atomic mass is 79.9. The molecule has 1 aromatic rings. The van der Waals surface area contributed by atoms with Crippen molar-refractivity contribution in [2.45, 2.75) is 0 Å². The molecule has 0 bridgehead atoms. The number of nitrogens with one attached hydrogen (secondary N) is 2. The fraction of sp³-hybridized carbons (Fsp3) is 0. The van der Waals surface area contributed by atoms with Crippen LogP contribution in [0.4, 0.5) is 5.69 Å². The predicted molar refractivity (Wildman–Crippen MR) is 57.4 cm³/mol. The number of guanidine groups is 1. The SMILES string of the molecule is N=C(N)Nc1ccc(Br)cc1Br. The maximum Gasteiger partial charge on any atom is 0.190 e.